The molecule has 8 heteroatoms. The van der Waals surface area contributed by atoms with Crippen LogP contribution in [0.4, 0.5) is 14.5 Å². The van der Waals surface area contributed by atoms with Crippen molar-refractivity contribution in [2.24, 2.45) is 0 Å². The summed E-state index contributed by atoms with van der Waals surface area (Å²) in [7, 11) is 0. The Kier molecular flexibility index (Phi) is 6.82. The van der Waals surface area contributed by atoms with Crippen molar-refractivity contribution in [1.29, 1.82) is 0 Å². The van der Waals surface area contributed by atoms with Crippen LogP contribution in [0.2, 0.25) is 5.02 Å². The smallest absolute Gasteiger partial charge is 0.241 e. The van der Waals surface area contributed by atoms with E-state index in [0.717, 1.165) is 17.7 Å². The second-order valence-corrected chi connectivity index (χ2v) is 7.39. The topological polar surface area (TPSA) is 52.7 Å². The maximum Gasteiger partial charge on any atom is 0.241 e. The largest absolute Gasteiger partial charge is 0.340 e. The molecule has 0 spiro atoms. The van der Waals surface area contributed by atoms with Crippen LogP contribution in [0.5, 0.6) is 0 Å². The molecule has 1 N–H and O–H groups in total. The zero-order chi connectivity index (χ0) is 21.0. The van der Waals surface area contributed by atoms with Gasteiger partial charge in [0.1, 0.15) is 0 Å². The maximum atomic E-state index is 13.3. The van der Waals surface area contributed by atoms with Gasteiger partial charge in [-0.15, -0.1) is 0 Å². The number of halogens is 3. The highest BCUT2D eigenvalue weighted by molar-refractivity contribution is 6.31. The quantitative estimate of drug-likeness (QED) is 0.805. The van der Waals surface area contributed by atoms with Crippen LogP contribution in [0.1, 0.15) is 12.5 Å². The van der Waals surface area contributed by atoms with Crippen molar-refractivity contribution in [3.63, 3.8) is 0 Å². The number of amides is 2. The third-order valence-electron chi connectivity index (χ3n) is 5.08. The Morgan fingerprint density at radius 1 is 1.07 bits per heavy atom. The Balaban J connectivity index is 1.51. The molecule has 1 heterocycles. The number of nitrogens with zero attached hydrogens (tertiary/aromatic N) is 2. The van der Waals surface area contributed by atoms with E-state index in [0.29, 0.717) is 31.2 Å². The van der Waals surface area contributed by atoms with Gasteiger partial charge in [-0.3, -0.25) is 14.5 Å². The van der Waals surface area contributed by atoms with Crippen molar-refractivity contribution in [3.8, 4) is 0 Å². The summed E-state index contributed by atoms with van der Waals surface area (Å²) in [6.07, 6.45) is 0.242. The molecule has 2 amide bonds. The average Bonchev–Trinajstić information content (AvgIpc) is 2.72. The predicted octanol–water partition coefficient (Wildman–Crippen LogP) is 3.33. The van der Waals surface area contributed by atoms with Crippen LogP contribution in [-0.2, 0) is 16.0 Å². The maximum absolute atomic E-state index is 13.3. The molecule has 1 aliphatic rings. The van der Waals surface area contributed by atoms with Gasteiger partial charge in [-0.1, -0.05) is 29.8 Å². The van der Waals surface area contributed by atoms with Gasteiger partial charge in [0.15, 0.2) is 11.6 Å². The predicted molar refractivity (Wildman–Crippen MR) is 108 cm³/mol. The molecule has 29 heavy (non-hydrogen) atoms. The van der Waals surface area contributed by atoms with Gasteiger partial charge in [0.25, 0.3) is 0 Å². The van der Waals surface area contributed by atoms with Crippen molar-refractivity contribution in [2.45, 2.75) is 19.4 Å². The first-order valence-corrected chi connectivity index (χ1v) is 9.74. The average molecular weight is 422 g/mol. The van der Waals surface area contributed by atoms with Crippen LogP contribution >= 0.6 is 11.6 Å². The van der Waals surface area contributed by atoms with Gasteiger partial charge in [-0.25, -0.2) is 8.78 Å². The van der Waals surface area contributed by atoms with Gasteiger partial charge in [0.05, 0.1) is 12.5 Å². The number of hydrogen-bond acceptors (Lipinski definition) is 3. The van der Waals surface area contributed by atoms with Crippen molar-refractivity contribution in [2.75, 3.05) is 31.5 Å². The summed E-state index contributed by atoms with van der Waals surface area (Å²) in [6, 6.07) is 10.0. The highest BCUT2D eigenvalue weighted by Gasteiger charge is 2.27. The summed E-state index contributed by atoms with van der Waals surface area (Å²) < 4.78 is 26.3. The fourth-order valence-electron chi connectivity index (χ4n) is 3.26. The first-order chi connectivity index (χ1) is 13.8. The van der Waals surface area contributed by atoms with Gasteiger partial charge in [-0.05, 0) is 30.7 Å². The summed E-state index contributed by atoms with van der Waals surface area (Å²) in [5, 5.41) is 3.17. The molecule has 0 aromatic heterocycles. The normalized spacial score (nSPS) is 15.8. The molecular weight excluding hydrogens is 400 g/mol. The van der Waals surface area contributed by atoms with Crippen molar-refractivity contribution < 1.29 is 18.4 Å². The SMILES string of the molecule is CC(C(=O)Nc1ccc(F)c(F)c1)N1CCN(C(=O)Cc2ccccc2Cl)CC1. The molecule has 0 saturated carbocycles. The molecule has 154 valence electrons. The molecule has 1 aliphatic heterocycles. The fourth-order valence-corrected chi connectivity index (χ4v) is 3.46. The third-order valence-corrected chi connectivity index (χ3v) is 5.45. The zero-order valence-corrected chi connectivity index (χ0v) is 16.8. The minimum Gasteiger partial charge on any atom is -0.340 e. The molecule has 0 radical (unpaired) electrons. The summed E-state index contributed by atoms with van der Waals surface area (Å²) in [5.74, 6) is -2.29. The molecule has 1 unspecified atom stereocenters. The number of anilines is 1. The van der Waals surface area contributed by atoms with Gasteiger partial charge in [0.2, 0.25) is 11.8 Å². The number of carbonyl (C=O) groups excluding carboxylic acids is 2. The van der Waals surface area contributed by atoms with Crippen LogP contribution in [-0.4, -0.2) is 53.8 Å². The summed E-state index contributed by atoms with van der Waals surface area (Å²) >= 11 is 6.12. The van der Waals surface area contributed by atoms with E-state index in [4.69, 9.17) is 11.6 Å². The van der Waals surface area contributed by atoms with Crippen molar-refractivity contribution >= 4 is 29.1 Å². The van der Waals surface area contributed by atoms with Crippen LogP contribution < -0.4 is 5.32 Å². The lowest BCUT2D eigenvalue weighted by Gasteiger charge is -2.37. The molecule has 0 aliphatic carbocycles. The minimum absolute atomic E-state index is 0.00311. The number of benzene rings is 2. The van der Waals surface area contributed by atoms with Crippen molar-refractivity contribution in [3.05, 3.63) is 64.7 Å². The van der Waals surface area contributed by atoms with Gasteiger partial charge in [-0.2, -0.15) is 0 Å². The molecule has 2 aromatic rings. The Morgan fingerprint density at radius 3 is 2.41 bits per heavy atom. The Morgan fingerprint density at radius 2 is 1.76 bits per heavy atom. The van der Waals surface area contributed by atoms with Crippen LogP contribution in [0.3, 0.4) is 0 Å². The number of nitrogens with one attached hydrogen (secondary N) is 1. The fraction of sp³-hybridized carbons (Fsp3) is 0.333. The Labute approximate surface area is 173 Å². The number of piperazine rings is 1. The standard InChI is InChI=1S/C21H22ClF2N3O2/c1-14(21(29)25-16-6-7-18(23)19(24)13-16)26-8-10-27(11-9-26)20(28)12-15-4-2-3-5-17(15)22/h2-7,13-14H,8-12H2,1H3,(H,25,29). The van der Waals surface area contributed by atoms with E-state index in [9.17, 15) is 18.4 Å². The summed E-state index contributed by atoms with van der Waals surface area (Å²) in [5.41, 5.74) is 0.996. The van der Waals surface area contributed by atoms with E-state index < -0.39 is 17.7 Å². The number of hydrogen-bond donors (Lipinski definition) is 1. The van der Waals surface area contributed by atoms with Crippen LogP contribution in [0.15, 0.2) is 42.5 Å². The molecule has 0 bridgehead atoms. The zero-order valence-electron chi connectivity index (χ0n) is 16.0. The monoisotopic (exact) mass is 421 g/mol. The highest BCUT2D eigenvalue weighted by Crippen LogP contribution is 2.18. The molecule has 3 rings (SSSR count). The summed E-state index contributed by atoms with van der Waals surface area (Å²) in [4.78, 5) is 28.7. The van der Waals surface area contributed by atoms with E-state index >= 15 is 0 Å². The highest BCUT2D eigenvalue weighted by atomic mass is 35.5. The molecule has 1 atom stereocenters. The second-order valence-electron chi connectivity index (χ2n) is 6.98. The minimum atomic E-state index is -1.01. The molecule has 1 fully saturated rings. The lowest BCUT2D eigenvalue weighted by Crippen LogP contribution is -2.54. The van der Waals surface area contributed by atoms with Gasteiger partial charge >= 0.3 is 0 Å². The lowest BCUT2D eigenvalue weighted by molar-refractivity contribution is -0.133. The first kappa shape index (κ1) is 21.2. The molecule has 1 saturated heterocycles. The van der Waals surface area contributed by atoms with E-state index in [-0.39, 0.29) is 23.9 Å². The first-order valence-electron chi connectivity index (χ1n) is 9.36. The Bertz CT molecular complexity index is 901. The third kappa shape index (κ3) is 5.31. The number of rotatable bonds is 5. The van der Waals surface area contributed by atoms with Crippen molar-refractivity contribution in [1.82, 2.24) is 9.80 Å². The molecule has 5 nitrogen and oxygen atoms in total. The second kappa shape index (κ2) is 9.33. The van der Waals surface area contributed by atoms with Crippen LogP contribution in [0.25, 0.3) is 0 Å². The van der Waals surface area contributed by atoms with Gasteiger partial charge in [0, 0.05) is 43.0 Å². The van der Waals surface area contributed by atoms with E-state index in [1.807, 2.05) is 23.1 Å². The molecular formula is C21H22ClF2N3O2. The Hall–Kier alpha value is -2.51. The van der Waals surface area contributed by atoms with E-state index in [1.54, 1.807) is 17.9 Å². The van der Waals surface area contributed by atoms with E-state index in [2.05, 4.69) is 5.32 Å². The van der Waals surface area contributed by atoms with E-state index in [1.165, 1.54) is 6.07 Å². The number of carbonyl (C=O) groups is 2. The van der Waals surface area contributed by atoms with Crippen LogP contribution in [0, 0.1) is 11.6 Å². The summed E-state index contributed by atoms with van der Waals surface area (Å²) in [6.45, 7) is 3.84. The lowest BCUT2D eigenvalue weighted by atomic mass is 10.1. The molecule has 2 aromatic carbocycles. The van der Waals surface area contributed by atoms with Gasteiger partial charge < -0.3 is 10.2 Å².